The Hall–Kier alpha value is -2.67. The minimum absolute atomic E-state index is 0.0292. The standard InChI is InChI=1S/C15H14ClN5O2/c1-10(13-6-3-7-23-13)17-14(22)9-21-19-15(18-20-21)11-4-2-5-12(16)8-11/h2-8,10H,9H2,1H3,(H,17,22)/t10-/m1/s1. The third kappa shape index (κ3) is 3.75. The number of tetrazole rings is 1. The monoisotopic (exact) mass is 331 g/mol. The summed E-state index contributed by atoms with van der Waals surface area (Å²) in [6, 6.07) is 10.5. The highest BCUT2D eigenvalue weighted by atomic mass is 35.5. The summed E-state index contributed by atoms with van der Waals surface area (Å²) in [4.78, 5) is 13.3. The molecule has 0 saturated carbocycles. The van der Waals surface area contributed by atoms with Crippen LogP contribution in [0.3, 0.4) is 0 Å². The number of carbonyl (C=O) groups excluding carboxylic acids is 1. The number of hydrogen-bond donors (Lipinski definition) is 1. The molecule has 1 aromatic carbocycles. The molecular formula is C15H14ClN5O2. The van der Waals surface area contributed by atoms with Crippen LogP contribution in [0, 0.1) is 0 Å². The summed E-state index contributed by atoms with van der Waals surface area (Å²) < 4.78 is 5.24. The Morgan fingerprint density at radius 2 is 2.26 bits per heavy atom. The Morgan fingerprint density at radius 3 is 3.00 bits per heavy atom. The van der Waals surface area contributed by atoms with Crippen LogP contribution in [0.5, 0.6) is 0 Å². The van der Waals surface area contributed by atoms with E-state index in [-0.39, 0.29) is 18.5 Å². The number of rotatable bonds is 5. The molecule has 0 aliphatic carbocycles. The molecule has 0 unspecified atom stereocenters. The number of hydrogen-bond acceptors (Lipinski definition) is 5. The van der Waals surface area contributed by atoms with Gasteiger partial charge in [-0.25, -0.2) is 0 Å². The maximum absolute atomic E-state index is 12.0. The van der Waals surface area contributed by atoms with Crippen LogP contribution in [0.25, 0.3) is 11.4 Å². The van der Waals surface area contributed by atoms with Crippen LogP contribution in [0.1, 0.15) is 18.7 Å². The van der Waals surface area contributed by atoms with Gasteiger partial charge in [0.1, 0.15) is 12.3 Å². The molecule has 0 saturated heterocycles. The Kier molecular flexibility index (Phi) is 4.38. The van der Waals surface area contributed by atoms with Gasteiger partial charge in [0.15, 0.2) is 0 Å². The van der Waals surface area contributed by atoms with Crippen LogP contribution in [-0.4, -0.2) is 26.1 Å². The largest absolute Gasteiger partial charge is 0.467 e. The average Bonchev–Trinajstić information content (AvgIpc) is 3.18. The molecule has 3 aromatic rings. The van der Waals surface area contributed by atoms with Crippen LogP contribution in [0.4, 0.5) is 0 Å². The molecule has 118 valence electrons. The number of aromatic nitrogens is 4. The molecule has 0 radical (unpaired) electrons. The van der Waals surface area contributed by atoms with Crippen LogP contribution in [-0.2, 0) is 11.3 Å². The van der Waals surface area contributed by atoms with E-state index >= 15 is 0 Å². The van der Waals surface area contributed by atoms with E-state index in [2.05, 4.69) is 20.7 Å². The molecule has 23 heavy (non-hydrogen) atoms. The van der Waals surface area contributed by atoms with Crippen molar-refractivity contribution in [2.75, 3.05) is 0 Å². The van der Waals surface area contributed by atoms with Gasteiger partial charge in [-0.15, -0.1) is 10.2 Å². The van der Waals surface area contributed by atoms with E-state index < -0.39 is 0 Å². The molecule has 3 rings (SSSR count). The van der Waals surface area contributed by atoms with Gasteiger partial charge in [-0.2, -0.15) is 4.80 Å². The Morgan fingerprint density at radius 1 is 1.39 bits per heavy atom. The van der Waals surface area contributed by atoms with Gasteiger partial charge >= 0.3 is 0 Å². The number of nitrogens with one attached hydrogen (secondary N) is 1. The zero-order chi connectivity index (χ0) is 16.2. The van der Waals surface area contributed by atoms with Crippen molar-refractivity contribution in [1.82, 2.24) is 25.5 Å². The van der Waals surface area contributed by atoms with E-state index in [1.807, 2.05) is 13.0 Å². The fraction of sp³-hybridized carbons (Fsp3) is 0.200. The molecule has 0 aliphatic heterocycles. The predicted molar refractivity (Wildman–Crippen MR) is 83.5 cm³/mol. The number of benzene rings is 1. The first kappa shape index (κ1) is 15.2. The summed E-state index contributed by atoms with van der Waals surface area (Å²) in [6.07, 6.45) is 1.56. The molecule has 8 heteroatoms. The number of amides is 1. The fourth-order valence-electron chi connectivity index (χ4n) is 2.08. The molecular weight excluding hydrogens is 318 g/mol. The lowest BCUT2D eigenvalue weighted by atomic mass is 10.2. The van der Waals surface area contributed by atoms with Gasteiger partial charge in [0.05, 0.1) is 12.3 Å². The fourth-order valence-corrected chi connectivity index (χ4v) is 2.27. The molecule has 2 aromatic heterocycles. The molecule has 0 spiro atoms. The third-order valence-corrected chi connectivity index (χ3v) is 3.40. The maximum Gasteiger partial charge on any atom is 0.244 e. The van der Waals surface area contributed by atoms with Gasteiger partial charge in [-0.05, 0) is 36.4 Å². The molecule has 0 aliphatic rings. The topological polar surface area (TPSA) is 85.8 Å². The quantitative estimate of drug-likeness (QED) is 0.776. The van der Waals surface area contributed by atoms with Crippen LogP contribution in [0.2, 0.25) is 5.02 Å². The first-order chi connectivity index (χ1) is 11.1. The SMILES string of the molecule is C[C@@H](NC(=O)Cn1nnc(-c2cccc(Cl)c2)n1)c1ccco1. The molecule has 1 atom stereocenters. The van der Waals surface area contributed by atoms with Gasteiger partial charge in [-0.1, -0.05) is 23.7 Å². The minimum atomic E-state index is -0.232. The highest BCUT2D eigenvalue weighted by Crippen LogP contribution is 2.18. The first-order valence-corrected chi connectivity index (χ1v) is 7.36. The minimum Gasteiger partial charge on any atom is -0.467 e. The van der Waals surface area contributed by atoms with Crippen molar-refractivity contribution >= 4 is 17.5 Å². The molecule has 0 bridgehead atoms. The van der Waals surface area contributed by atoms with E-state index in [0.29, 0.717) is 16.6 Å². The average molecular weight is 332 g/mol. The lowest BCUT2D eigenvalue weighted by molar-refractivity contribution is -0.122. The summed E-state index contributed by atoms with van der Waals surface area (Å²) in [5, 5.41) is 15.4. The van der Waals surface area contributed by atoms with Crippen molar-refractivity contribution in [2.24, 2.45) is 0 Å². The zero-order valence-electron chi connectivity index (χ0n) is 12.3. The first-order valence-electron chi connectivity index (χ1n) is 6.98. The number of furan rings is 1. The Balaban J connectivity index is 1.63. The van der Waals surface area contributed by atoms with Gasteiger partial charge < -0.3 is 9.73 Å². The summed E-state index contributed by atoms with van der Waals surface area (Å²) in [7, 11) is 0. The van der Waals surface area contributed by atoms with Crippen molar-refractivity contribution in [2.45, 2.75) is 19.5 Å². The van der Waals surface area contributed by atoms with E-state index in [1.54, 1.807) is 36.6 Å². The summed E-state index contributed by atoms with van der Waals surface area (Å²) >= 11 is 5.94. The summed E-state index contributed by atoms with van der Waals surface area (Å²) in [6.45, 7) is 1.81. The van der Waals surface area contributed by atoms with Crippen LogP contribution in [0.15, 0.2) is 47.1 Å². The third-order valence-electron chi connectivity index (χ3n) is 3.17. The molecule has 7 nitrogen and oxygen atoms in total. The lowest BCUT2D eigenvalue weighted by Gasteiger charge is -2.10. The normalized spacial score (nSPS) is 12.1. The van der Waals surface area contributed by atoms with Crippen LogP contribution >= 0.6 is 11.6 Å². The second-order valence-corrected chi connectivity index (χ2v) is 5.39. The van der Waals surface area contributed by atoms with Crippen molar-refractivity contribution in [3.63, 3.8) is 0 Å². The Bertz CT molecular complexity index is 800. The summed E-state index contributed by atoms with van der Waals surface area (Å²) in [5.74, 6) is 0.868. The van der Waals surface area contributed by atoms with Crippen molar-refractivity contribution in [3.8, 4) is 11.4 Å². The lowest BCUT2D eigenvalue weighted by Crippen LogP contribution is -2.30. The van der Waals surface area contributed by atoms with Gasteiger partial charge in [0.25, 0.3) is 0 Å². The van der Waals surface area contributed by atoms with Crippen molar-refractivity contribution in [1.29, 1.82) is 0 Å². The predicted octanol–water partition coefficient (Wildman–Crippen LogP) is 2.46. The highest BCUT2D eigenvalue weighted by molar-refractivity contribution is 6.30. The van der Waals surface area contributed by atoms with Gasteiger partial charge in [0, 0.05) is 10.6 Å². The van der Waals surface area contributed by atoms with Crippen molar-refractivity contribution in [3.05, 3.63) is 53.4 Å². The molecule has 1 amide bonds. The smallest absolute Gasteiger partial charge is 0.244 e. The second-order valence-electron chi connectivity index (χ2n) is 4.96. The van der Waals surface area contributed by atoms with E-state index in [1.165, 1.54) is 4.80 Å². The van der Waals surface area contributed by atoms with Gasteiger partial charge in [0.2, 0.25) is 11.7 Å². The number of halogens is 1. The zero-order valence-corrected chi connectivity index (χ0v) is 13.1. The number of nitrogens with zero attached hydrogens (tertiary/aromatic N) is 4. The number of carbonyl (C=O) groups is 1. The summed E-state index contributed by atoms with van der Waals surface area (Å²) in [5.41, 5.74) is 0.744. The van der Waals surface area contributed by atoms with Crippen molar-refractivity contribution < 1.29 is 9.21 Å². The Labute approximate surface area is 137 Å². The van der Waals surface area contributed by atoms with E-state index in [0.717, 1.165) is 5.56 Å². The van der Waals surface area contributed by atoms with E-state index in [9.17, 15) is 4.79 Å². The molecule has 2 heterocycles. The van der Waals surface area contributed by atoms with Crippen LogP contribution < -0.4 is 5.32 Å². The second kappa shape index (κ2) is 6.62. The van der Waals surface area contributed by atoms with Gasteiger partial charge in [-0.3, -0.25) is 4.79 Å². The molecule has 0 fully saturated rings. The maximum atomic E-state index is 12.0. The van der Waals surface area contributed by atoms with E-state index in [4.69, 9.17) is 16.0 Å². The molecule has 1 N–H and O–H groups in total. The highest BCUT2D eigenvalue weighted by Gasteiger charge is 2.14.